The molecule has 1 fully saturated rings. The summed E-state index contributed by atoms with van der Waals surface area (Å²) in [6, 6.07) is 0. The topological polar surface area (TPSA) is 128 Å². The van der Waals surface area contributed by atoms with Gasteiger partial charge in [-0.25, -0.2) is 19.3 Å². The van der Waals surface area contributed by atoms with Gasteiger partial charge in [-0.3, -0.25) is 4.57 Å². The van der Waals surface area contributed by atoms with Crippen LogP contribution in [0.15, 0.2) is 24.8 Å². The van der Waals surface area contributed by atoms with Crippen molar-refractivity contribution in [3.05, 3.63) is 24.8 Å². The average Bonchev–Trinajstić information content (AvgIpc) is 3.13. The molecule has 0 saturated carbocycles. The molecule has 0 bridgehead atoms. The normalized spacial score (nSPS) is 27.1. The van der Waals surface area contributed by atoms with Gasteiger partial charge in [0, 0.05) is 19.6 Å². The van der Waals surface area contributed by atoms with Crippen LogP contribution in [0.1, 0.15) is 6.23 Å². The number of hydrogen-bond acceptors (Lipinski definition) is 8. The number of halogens is 1. The number of nitrogens with two attached hydrogens (primary N) is 2. The molecule has 25 heavy (non-hydrogen) atoms. The first-order chi connectivity index (χ1) is 12.0. The van der Waals surface area contributed by atoms with Gasteiger partial charge in [0.2, 0.25) is 0 Å². The molecule has 136 valence electrons. The molecule has 2 aromatic heterocycles. The van der Waals surface area contributed by atoms with Crippen LogP contribution in [0.4, 0.5) is 10.2 Å². The number of nitrogen functional groups attached to an aromatic ring is 1. The molecule has 5 N–H and O–H groups in total. The molecule has 0 radical (unpaired) electrons. The van der Waals surface area contributed by atoms with Crippen LogP contribution in [0, 0.1) is 0 Å². The Kier molecular flexibility index (Phi) is 5.23. The molecule has 1 aliphatic rings. The van der Waals surface area contributed by atoms with Gasteiger partial charge in [0.1, 0.15) is 24.1 Å². The van der Waals surface area contributed by atoms with Gasteiger partial charge in [0.05, 0.1) is 6.33 Å². The Bertz CT molecular complexity index is 753. The third kappa shape index (κ3) is 3.47. The van der Waals surface area contributed by atoms with E-state index in [0.717, 1.165) is 0 Å². The van der Waals surface area contributed by atoms with Crippen molar-refractivity contribution in [1.29, 1.82) is 0 Å². The van der Waals surface area contributed by atoms with Gasteiger partial charge in [-0.05, 0) is 7.05 Å². The van der Waals surface area contributed by atoms with Crippen LogP contribution in [0.3, 0.4) is 0 Å². The second-order valence-corrected chi connectivity index (χ2v) is 6.01. The first kappa shape index (κ1) is 17.7. The van der Waals surface area contributed by atoms with E-state index in [9.17, 15) is 9.50 Å². The highest BCUT2D eigenvalue weighted by Gasteiger charge is 2.45. The smallest absolute Gasteiger partial charge is 0.173 e. The van der Waals surface area contributed by atoms with E-state index in [-0.39, 0.29) is 5.82 Å². The lowest BCUT2D eigenvalue weighted by Crippen LogP contribution is -2.37. The average molecular weight is 351 g/mol. The van der Waals surface area contributed by atoms with E-state index in [1.807, 2.05) is 24.1 Å². The van der Waals surface area contributed by atoms with E-state index in [0.29, 0.717) is 30.8 Å². The molecular weight excluding hydrogens is 329 g/mol. The van der Waals surface area contributed by atoms with Crippen molar-refractivity contribution in [1.82, 2.24) is 24.4 Å². The van der Waals surface area contributed by atoms with Gasteiger partial charge >= 0.3 is 0 Å². The van der Waals surface area contributed by atoms with Crippen molar-refractivity contribution in [2.45, 2.75) is 24.6 Å². The standard InChI is InChI=1S/C15H22FN7O2/c1-22(5-3-2-4-17)6-9-12(24)10(16)15(25-9)23-8-21-11-13(18)19-7-20-14(11)23/h2-3,7-10,12,15,24H,4-6,17H2,1H3,(H2,18,19,20)/b3-2+/t9-,10-,12+,15-/m1/s1. The van der Waals surface area contributed by atoms with Crippen LogP contribution in [0.2, 0.25) is 0 Å². The second kappa shape index (κ2) is 7.40. The third-order valence-electron chi connectivity index (χ3n) is 4.17. The Hall–Kier alpha value is -2.14. The molecule has 0 unspecified atom stereocenters. The SMILES string of the molecule is CN(C/C=C/CN)C[C@H]1O[C@@H](n2cnc3c(N)ncnc32)[C@H](F)[C@H]1O. The second-order valence-electron chi connectivity index (χ2n) is 6.01. The van der Waals surface area contributed by atoms with Gasteiger partial charge < -0.3 is 26.2 Å². The predicted molar refractivity (Wildman–Crippen MR) is 90.2 cm³/mol. The quantitative estimate of drug-likeness (QED) is 0.592. The van der Waals surface area contributed by atoms with E-state index in [1.54, 1.807) is 0 Å². The van der Waals surface area contributed by atoms with Crippen LogP contribution < -0.4 is 11.5 Å². The molecule has 3 heterocycles. The number of likely N-dealkylation sites (N-methyl/N-ethyl adjacent to an activating group) is 1. The van der Waals surface area contributed by atoms with Crippen LogP contribution in [-0.2, 0) is 4.74 Å². The molecule has 1 saturated heterocycles. The fraction of sp³-hybridized carbons (Fsp3) is 0.533. The molecule has 3 rings (SSSR count). The molecular formula is C15H22FN7O2. The summed E-state index contributed by atoms with van der Waals surface area (Å²) < 4.78 is 21.8. The Morgan fingerprint density at radius 1 is 1.40 bits per heavy atom. The van der Waals surface area contributed by atoms with Crippen LogP contribution >= 0.6 is 0 Å². The number of anilines is 1. The lowest BCUT2D eigenvalue weighted by molar-refractivity contribution is -0.0330. The molecule has 0 aliphatic carbocycles. The molecule has 2 aromatic rings. The summed E-state index contributed by atoms with van der Waals surface area (Å²) in [4.78, 5) is 14.0. The summed E-state index contributed by atoms with van der Waals surface area (Å²) in [6.07, 6.45) is 1.88. The first-order valence-corrected chi connectivity index (χ1v) is 7.97. The van der Waals surface area contributed by atoms with Crippen molar-refractivity contribution in [2.75, 3.05) is 32.4 Å². The van der Waals surface area contributed by atoms with Gasteiger partial charge in [-0.1, -0.05) is 12.2 Å². The highest BCUT2D eigenvalue weighted by atomic mass is 19.1. The Balaban J connectivity index is 1.75. The maximum Gasteiger partial charge on any atom is 0.173 e. The largest absolute Gasteiger partial charge is 0.387 e. The van der Waals surface area contributed by atoms with Crippen molar-refractivity contribution in [3.63, 3.8) is 0 Å². The summed E-state index contributed by atoms with van der Waals surface area (Å²) in [6.45, 7) is 1.46. The number of alkyl halides is 1. The summed E-state index contributed by atoms with van der Waals surface area (Å²) in [5, 5.41) is 10.2. The van der Waals surface area contributed by atoms with Crippen molar-refractivity contribution < 1.29 is 14.2 Å². The van der Waals surface area contributed by atoms with Crippen LogP contribution in [0.25, 0.3) is 11.2 Å². The Morgan fingerprint density at radius 3 is 2.96 bits per heavy atom. The van der Waals surface area contributed by atoms with E-state index in [2.05, 4.69) is 15.0 Å². The molecule has 9 nitrogen and oxygen atoms in total. The van der Waals surface area contributed by atoms with E-state index in [4.69, 9.17) is 16.2 Å². The minimum absolute atomic E-state index is 0.209. The first-order valence-electron chi connectivity index (χ1n) is 7.97. The summed E-state index contributed by atoms with van der Waals surface area (Å²) in [5.74, 6) is 0.209. The van der Waals surface area contributed by atoms with Gasteiger partial charge in [-0.15, -0.1) is 0 Å². The molecule has 10 heteroatoms. The molecule has 0 aromatic carbocycles. The molecule has 4 atom stereocenters. The number of ether oxygens (including phenoxy) is 1. The van der Waals surface area contributed by atoms with E-state index >= 15 is 0 Å². The number of rotatable bonds is 6. The highest BCUT2D eigenvalue weighted by molar-refractivity contribution is 5.81. The number of nitrogens with zero attached hydrogens (tertiary/aromatic N) is 5. The summed E-state index contributed by atoms with van der Waals surface area (Å²) in [5.41, 5.74) is 11.9. The Labute approximate surface area is 144 Å². The van der Waals surface area contributed by atoms with Gasteiger partial charge in [0.15, 0.2) is 23.9 Å². The number of hydrogen-bond donors (Lipinski definition) is 3. The van der Waals surface area contributed by atoms with Crippen molar-refractivity contribution >= 4 is 17.0 Å². The van der Waals surface area contributed by atoms with Crippen molar-refractivity contribution in [2.24, 2.45) is 5.73 Å². The molecule has 1 aliphatic heterocycles. The highest BCUT2D eigenvalue weighted by Crippen LogP contribution is 2.34. The summed E-state index contributed by atoms with van der Waals surface area (Å²) in [7, 11) is 1.86. The zero-order chi connectivity index (χ0) is 18.0. The van der Waals surface area contributed by atoms with Crippen molar-refractivity contribution in [3.8, 4) is 0 Å². The van der Waals surface area contributed by atoms with E-state index < -0.39 is 24.6 Å². The minimum Gasteiger partial charge on any atom is -0.387 e. The fourth-order valence-electron chi connectivity index (χ4n) is 2.87. The van der Waals surface area contributed by atoms with Gasteiger partial charge in [0.25, 0.3) is 0 Å². The zero-order valence-electron chi connectivity index (χ0n) is 13.9. The maximum absolute atomic E-state index is 14.6. The minimum atomic E-state index is -1.61. The molecule has 0 spiro atoms. The predicted octanol–water partition coefficient (Wildman–Crippen LogP) is -0.548. The van der Waals surface area contributed by atoms with E-state index in [1.165, 1.54) is 17.2 Å². The summed E-state index contributed by atoms with van der Waals surface area (Å²) >= 11 is 0. The lowest BCUT2D eigenvalue weighted by atomic mass is 10.1. The number of aliphatic hydroxyl groups excluding tert-OH is 1. The zero-order valence-corrected chi connectivity index (χ0v) is 13.9. The number of imidazole rings is 1. The monoisotopic (exact) mass is 351 g/mol. The number of fused-ring (bicyclic) bond motifs is 1. The van der Waals surface area contributed by atoms with Crippen LogP contribution in [0.5, 0.6) is 0 Å². The van der Waals surface area contributed by atoms with Crippen LogP contribution in [-0.4, -0.2) is 74.6 Å². The Morgan fingerprint density at radius 2 is 2.20 bits per heavy atom. The lowest BCUT2D eigenvalue weighted by Gasteiger charge is -2.21. The van der Waals surface area contributed by atoms with Gasteiger partial charge in [-0.2, -0.15) is 0 Å². The molecule has 0 amide bonds. The number of aliphatic hydroxyl groups is 1. The fourth-order valence-corrected chi connectivity index (χ4v) is 2.87. The number of aromatic nitrogens is 4. The third-order valence-corrected chi connectivity index (χ3v) is 4.17. The maximum atomic E-state index is 14.6.